The van der Waals surface area contributed by atoms with Crippen molar-refractivity contribution in [2.45, 2.75) is 13.5 Å². The van der Waals surface area contributed by atoms with Gasteiger partial charge in [0.15, 0.2) is 0 Å². The van der Waals surface area contributed by atoms with E-state index < -0.39 is 0 Å². The van der Waals surface area contributed by atoms with Crippen molar-refractivity contribution in [3.05, 3.63) is 35.5 Å². The van der Waals surface area contributed by atoms with Crippen LogP contribution in [0.25, 0.3) is 0 Å². The summed E-state index contributed by atoms with van der Waals surface area (Å²) in [5.74, 6) is 0.508. The molecule has 0 unspecified atom stereocenters. The second-order valence-electron chi connectivity index (χ2n) is 3.08. The van der Waals surface area contributed by atoms with Gasteiger partial charge in [-0.3, -0.25) is 9.89 Å². The Morgan fingerprint density at radius 1 is 1.67 bits per heavy atom. The number of H-pyrrole nitrogens is 1. The third-order valence-electron chi connectivity index (χ3n) is 1.85. The Kier molecular flexibility index (Phi) is 2.49. The molecule has 0 aromatic carbocycles. The van der Waals surface area contributed by atoms with Crippen LogP contribution in [0.2, 0.25) is 0 Å². The van der Waals surface area contributed by atoms with Gasteiger partial charge in [0.1, 0.15) is 17.1 Å². The van der Waals surface area contributed by atoms with E-state index in [2.05, 4.69) is 20.7 Å². The average Bonchev–Trinajstić information content (AvgIpc) is 2.84. The summed E-state index contributed by atoms with van der Waals surface area (Å²) < 4.78 is 4.87. The summed E-state index contributed by atoms with van der Waals surface area (Å²) in [7, 11) is 0. The molecule has 0 aliphatic carbocycles. The van der Waals surface area contributed by atoms with E-state index >= 15 is 0 Å². The summed E-state index contributed by atoms with van der Waals surface area (Å²) in [6, 6.07) is 3.37. The predicted octanol–water partition coefficient (Wildman–Crippen LogP) is 0.636. The molecule has 0 fully saturated rings. The summed E-state index contributed by atoms with van der Waals surface area (Å²) >= 11 is 0. The van der Waals surface area contributed by atoms with Gasteiger partial charge in [-0.1, -0.05) is 5.16 Å². The number of carbonyl (C=O) groups is 1. The van der Waals surface area contributed by atoms with E-state index in [9.17, 15) is 4.79 Å². The normalized spacial score (nSPS) is 10.2. The largest absolute Gasteiger partial charge is 0.361 e. The Morgan fingerprint density at radius 3 is 3.13 bits per heavy atom. The number of aryl methyl sites for hydroxylation is 1. The van der Waals surface area contributed by atoms with Crippen LogP contribution in [0.4, 0.5) is 0 Å². The van der Waals surface area contributed by atoms with E-state index in [1.165, 1.54) is 6.20 Å². The molecule has 15 heavy (non-hydrogen) atoms. The van der Waals surface area contributed by atoms with Crippen LogP contribution in [0.15, 0.2) is 22.9 Å². The average molecular weight is 206 g/mol. The van der Waals surface area contributed by atoms with E-state index in [-0.39, 0.29) is 5.91 Å². The molecule has 2 N–H and O–H groups in total. The first-order chi connectivity index (χ1) is 7.25. The lowest BCUT2D eigenvalue weighted by molar-refractivity contribution is 0.0945. The zero-order valence-electron chi connectivity index (χ0n) is 8.15. The molecule has 78 valence electrons. The highest BCUT2D eigenvalue weighted by Gasteiger charge is 2.07. The Morgan fingerprint density at radius 2 is 2.53 bits per heavy atom. The molecule has 6 heteroatoms. The van der Waals surface area contributed by atoms with Crippen LogP contribution in [-0.4, -0.2) is 21.3 Å². The molecule has 1 amide bonds. The molecule has 2 heterocycles. The van der Waals surface area contributed by atoms with Gasteiger partial charge in [0, 0.05) is 12.3 Å². The van der Waals surface area contributed by atoms with Gasteiger partial charge >= 0.3 is 0 Å². The molecule has 0 bridgehead atoms. The Balaban J connectivity index is 1.91. The molecule has 0 saturated heterocycles. The minimum absolute atomic E-state index is 0.215. The molecule has 2 aromatic heterocycles. The van der Waals surface area contributed by atoms with Gasteiger partial charge in [-0.2, -0.15) is 5.10 Å². The Bertz CT molecular complexity index is 446. The Hall–Kier alpha value is -2.11. The van der Waals surface area contributed by atoms with Gasteiger partial charge in [0.05, 0.1) is 6.54 Å². The van der Waals surface area contributed by atoms with Crippen molar-refractivity contribution in [2.24, 2.45) is 0 Å². The lowest BCUT2D eigenvalue weighted by Gasteiger charge is -1.98. The number of hydrogen-bond acceptors (Lipinski definition) is 4. The maximum atomic E-state index is 11.4. The van der Waals surface area contributed by atoms with Gasteiger partial charge < -0.3 is 9.84 Å². The quantitative estimate of drug-likeness (QED) is 0.771. The van der Waals surface area contributed by atoms with Crippen molar-refractivity contribution in [1.29, 1.82) is 0 Å². The van der Waals surface area contributed by atoms with Crippen molar-refractivity contribution in [3.8, 4) is 0 Å². The number of amides is 1. The van der Waals surface area contributed by atoms with E-state index in [0.29, 0.717) is 17.9 Å². The fourth-order valence-electron chi connectivity index (χ4n) is 1.15. The van der Waals surface area contributed by atoms with Gasteiger partial charge in [-0.05, 0) is 13.0 Å². The molecule has 0 saturated carbocycles. The van der Waals surface area contributed by atoms with Crippen LogP contribution >= 0.6 is 0 Å². The number of rotatable bonds is 3. The van der Waals surface area contributed by atoms with Crippen LogP contribution in [0.1, 0.15) is 21.9 Å². The van der Waals surface area contributed by atoms with Crippen molar-refractivity contribution in [2.75, 3.05) is 0 Å². The van der Waals surface area contributed by atoms with Crippen molar-refractivity contribution < 1.29 is 9.32 Å². The molecule has 0 radical (unpaired) electrons. The molecule has 0 aliphatic heterocycles. The van der Waals surface area contributed by atoms with E-state index in [1.807, 2.05) is 0 Å². The van der Waals surface area contributed by atoms with E-state index in [0.717, 1.165) is 5.76 Å². The number of hydrogen-bond donors (Lipinski definition) is 2. The first-order valence-corrected chi connectivity index (χ1v) is 4.45. The molecular weight excluding hydrogens is 196 g/mol. The first-order valence-electron chi connectivity index (χ1n) is 4.45. The summed E-state index contributed by atoms with van der Waals surface area (Å²) in [5, 5.41) is 12.7. The topological polar surface area (TPSA) is 83.8 Å². The number of carbonyl (C=O) groups excluding carboxylic acids is 1. The maximum absolute atomic E-state index is 11.4. The first kappa shape index (κ1) is 9.45. The lowest BCUT2D eigenvalue weighted by Crippen LogP contribution is -2.23. The van der Waals surface area contributed by atoms with Gasteiger partial charge in [0.2, 0.25) is 0 Å². The van der Waals surface area contributed by atoms with Crippen molar-refractivity contribution in [1.82, 2.24) is 20.7 Å². The standard InChI is InChI=1S/C9H10N4O2/c1-6-4-7(13-15-6)5-10-9(14)8-2-3-11-12-8/h2-4H,5H2,1H3,(H,10,14)(H,11,12). The van der Waals surface area contributed by atoms with Crippen LogP contribution in [0.5, 0.6) is 0 Å². The Labute approximate surface area is 85.7 Å². The molecule has 0 aliphatic rings. The van der Waals surface area contributed by atoms with Crippen LogP contribution in [-0.2, 0) is 6.54 Å². The predicted molar refractivity (Wildman–Crippen MR) is 51.0 cm³/mol. The highest BCUT2D eigenvalue weighted by Crippen LogP contribution is 2.01. The second-order valence-corrected chi connectivity index (χ2v) is 3.08. The van der Waals surface area contributed by atoms with Crippen molar-refractivity contribution >= 4 is 5.91 Å². The third-order valence-corrected chi connectivity index (χ3v) is 1.85. The molecule has 2 rings (SSSR count). The molecule has 6 nitrogen and oxygen atoms in total. The van der Waals surface area contributed by atoms with E-state index in [4.69, 9.17) is 4.52 Å². The minimum atomic E-state index is -0.215. The van der Waals surface area contributed by atoms with Gasteiger partial charge in [0.25, 0.3) is 5.91 Å². The fourth-order valence-corrected chi connectivity index (χ4v) is 1.15. The molecule has 2 aromatic rings. The van der Waals surface area contributed by atoms with Crippen LogP contribution in [0.3, 0.4) is 0 Å². The van der Waals surface area contributed by atoms with E-state index in [1.54, 1.807) is 19.1 Å². The third kappa shape index (κ3) is 2.22. The smallest absolute Gasteiger partial charge is 0.269 e. The fraction of sp³-hybridized carbons (Fsp3) is 0.222. The van der Waals surface area contributed by atoms with Crippen molar-refractivity contribution in [3.63, 3.8) is 0 Å². The van der Waals surface area contributed by atoms with Gasteiger partial charge in [-0.15, -0.1) is 0 Å². The summed E-state index contributed by atoms with van der Waals surface area (Å²) in [6.07, 6.45) is 1.52. The number of nitrogens with zero attached hydrogens (tertiary/aromatic N) is 2. The zero-order valence-corrected chi connectivity index (χ0v) is 8.15. The monoisotopic (exact) mass is 206 g/mol. The highest BCUT2D eigenvalue weighted by molar-refractivity contribution is 5.91. The molecular formula is C9H10N4O2. The minimum Gasteiger partial charge on any atom is -0.361 e. The summed E-state index contributed by atoms with van der Waals surface area (Å²) in [4.78, 5) is 11.4. The highest BCUT2D eigenvalue weighted by atomic mass is 16.5. The molecule has 0 atom stereocenters. The summed E-state index contributed by atoms with van der Waals surface area (Å²) in [6.45, 7) is 2.14. The second kappa shape index (κ2) is 3.95. The zero-order chi connectivity index (χ0) is 10.7. The van der Waals surface area contributed by atoms with Crippen LogP contribution < -0.4 is 5.32 Å². The number of aromatic amines is 1. The van der Waals surface area contributed by atoms with Crippen LogP contribution in [0, 0.1) is 6.92 Å². The number of nitrogens with one attached hydrogen (secondary N) is 2. The SMILES string of the molecule is Cc1cc(CNC(=O)c2ccn[nH]2)no1. The lowest BCUT2D eigenvalue weighted by atomic mass is 10.3. The summed E-state index contributed by atoms with van der Waals surface area (Å²) in [5.41, 5.74) is 1.12. The molecule has 0 spiro atoms. The maximum Gasteiger partial charge on any atom is 0.269 e. The van der Waals surface area contributed by atoms with Gasteiger partial charge in [-0.25, -0.2) is 0 Å². The number of aromatic nitrogens is 3.